The van der Waals surface area contributed by atoms with Gasteiger partial charge in [-0.2, -0.15) is 0 Å². The van der Waals surface area contributed by atoms with E-state index in [2.05, 4.69) is 66.0 Å². The summed E-state index contributed by atoms with van der Waals surface area (Å²) in [5, 5.41) is 5.67. The lowest BCUT2D eigenvalue weighted by molar-refractivity contribution is 0.324. The molecular weight excluding hydrogens is 252 g/mol. The Hall–Kier alpha value is -1.16. The van der Waals surface area contributed by atoms with E-state index in [1.807, 2.05) is 11.3 Å². The maximum Gasteiger partial charge on any atom is 0.0302 e. The first-order chi connectivity index (χ1) is 9.25. The lowest BCUT2D eigenvalue weighted by Gasteiger charge is -2.17. The average molecular weight is 274 g/mol. The van der Waals surface area contributed by atoms with E-state index in [1.54, 1.807) is 0 Å². The van der Waals surface area contributed by atoms with Crippen molar-refractivity contribution in [3.05, 3.63) is 57.8 Å². The molecule has 0 saturated heterocycles. The summed E-state index contributed by atoms with van der Waals surface area (Å²) >= 11 is 1.83. The molecule has 0 aliphatic heterocycles. The second kappa shape index (κ2) is 7.43. The van der Waals surface area contributed by atoms with Crippen molar-refractivity contribution in [3.63, 3.8) is 0 Å². The van der Waals surface area contributed by atoms with Gasteiger partial charge in [-0.3, -0.25) is 0 Å². The molecule has 0 saturated carbocycles. The Morgan fingerprint density at radius 1 is 1.16 bits per heavy atom. The van der Waals surface area contributed by atoms with Gasteiger partial charge in [-0.05, 0) is 36.5 Å². The monoisotopic (exact) mass is 274 g/mol. The third kappa shape index (κ3) is 4.78. The zero-order chi connectivity index (χ0) is 13.5. The van der Waals surface area contributed by atoms with Gasteiger partial charge in [0.1, 0.15) is 0 Å². The third-order valence-corrected chi connectivity index (χ3v) is 4.24. The smallest absolute Gasteiger partial charge is 0.0302 e. The summed E-state index contributed by atoms with van der Waals surface area (Å²) in [7, 11) is 2.17. The number of nitrogens with zero attached hydrogens (tertiary/aromatic N) is 1. The Kier molecular flexibility index (Phi) is 5.58. The molecule has 0 aliphatic rings. The molecule has 1 heterocycles. The zero-order valence-electron chi connectivity index (χ0n) is 11.7. The summed E-state index contributed by atoms with van der Waals surface area (Å²) in [6.45, 7) is 6.28. The average Bonchev–Trinajstić information content (AvgIpc) is 2.81. The van der Waals surface area contributed by atoms with Crippen molar-refractivity contribution >= 4 is 11.3 Å². The largest absolute Gasteiger partial charge is 0.311 e. The van der Waals surface area contributed by atoms with Gasteiger partial charge in [0, 0.05) is 31.1 Å². The Labute approximate surface area is 120 Å². The second-order valence-electron chi connectivity index (χ2n) is 4.93. The Morgan fingerprint density at radius 3 is 2.63 bits per heavy atom. The van der Waals surface area contributed by atoms with Gasteiger partial charge in [-0.1, -0.05) is 30.3 Å². The number of hydrogen-bond donors (Lipinski definition) is 1. The number of thiophene rings is 1. The Balaban J connectivity index is 1.64. The zero-order valence-corrected chi connectivity index (χ0v) is 12.5. The maximum atomic E-state index is 3.51. The molecule has 2 aromatic rings. The Bertz CT molecular complexity index is 479. The highest BCUT2D eigenvalue weighted by atomic mass is 32.1. The summed E-state index contributed by atoms with van der Waals surface area (Å²) in [4.78, 5) is 3.80. The second-order valence-corrected chi connectivity index (χ2v) is 5.93. The SMILES string of the molecule is Cc1ccsc1CNCCN(C)Cc1ccccc1. The van der Waals surface area contributed by atoms with Crippen molar-refractivity contribution in [2.75, 3.05) is 20.1 Å². The molecule has 1 N–H and O–H groups in total. The first-order valence-electron chi connectivity index (χ1n) is 6.72. The fraction of sp³-hybridized carbons (Fsp3) is 0.375. The molecule has 19 heavy (non-hydrogen) atoms. The van der Waals surface area contributed by atoms with Crippen LogP contribution in [0.5, 0.6) is 0 Å². The van der Waals surface area contributed by atoms with Crippen LogP contribution in [0.1, 0.15) is 16.0 Å². The molecule has 0 radical (unpaired) electrons. The molecule has 3 heteroatoms. The van der Waals surface area contributed by atoms with E-state index >= 15 is 0 Å². The van der Waals surface area contributed by atoms with Crippen molar-refractivity contribution < 1.29 is 0 Å². The lowest BCUT2D eigenvalue weighted by Crippen LogP contribution is -2.28. The van der Waals surface area contributed by atoms with Gasteiger partial charge in [0.05, 0.1) is 0 Å². The topological polar surface area (TPSA) is 15.3 Å². The van der Waals surface area contributed by atoms with Crippen molar-refractivity contribution in [2.24, 2.45) is 0 Å². The predicted octanol–water partition coefficient (Wildman–Crippen LogP) is 3.28. The molecule has 0 unspecified atom stereocenters. The summed E-state index contributed by atoms with van der Waals surface area (Å²) in [6.07, 6.45) is 0. The van der Waals surface area contributed by atoms with Crippen LogP contribution in [0.25, 0.3) is 0 Å². The fourth-order valence-corrected chi connectivity index (χ4v) is 2.91. The highest BCUT2D eigenvalue weighted by Gasteiger charge is 2.01. The van der Waals surface area contributed by atoms with Crippen LogP contribution in [0.4, 0.5) is 0 Å². The minimum Gasteiger partial charge on any atom is -0.311 e. The van der Waals surface area contributed by atoms with Crippen molar-refractivity contribution in [3.8, 4) is 0 Å². The van der Waals surface area contributed by atoms with Crippen LogP contribution in [0.2, 0.25) is 0 Å². The van der Waals surface area contributed by atoms with E-state index in [-0.39, 0.29) is 0 Å². The minimum absolute atomic E-state index is 0.989. The standard InChI is InChI=1S/C16H22N2S/c1-14-8-11-19-16(14)12-17-9-10-18(2)13-15-6-4-3-5-7-15/h3-8,11,17H,9-10,12-13H2,1-2H3. The van der Waals surface area contributed by atoms with Gasteiger partial charge in [-0.15, -0.1) is 11.3 Å². The van der Waals surface area contributed by atoms with E-state index in [0.717, 1.165) is 26.2 Å². The molecule has 0 spiro atoms. The van der Waals surface area contributed by atoms with E-state index in [4.69, 9.17) is 0 Å². The number of nitrogens with one attached hydrogen (secondary N) is 1. The highest BCUT2D eigenvalue weighted by Crippen LogP contribution is 2.14. The molecule has 1 aromatic carbocycles. The molecule has 1 aromatic heterocycles. The van der Waals surface area contributed by atoms with Crippen LogP contribution >= 0.6 is 11.3 Å². The van der Waals surface area contributed by atoms with Gasteiger partial charge < -0.3 is 10.2 Å². The normalized spacial score (nSPS) is 11.1. The number of likely N-dealkylation sites (N-methyl/N-ethyl adjacent to an activating group) is 1. The molecule has 0 atom stereocenters. The van der Waals surface area contributed by atoms with E-state index in [0.29, 0.717) is 0 Å². The highest BCUT2D eigenvalue weighted by molar-refractivity contribution is 7.10. The lowest BCUT2D eigenvalue weighted by atomic mass is 10.2. The molecule has 102 valence electrons. The maximum absolute atomic E-state index is 3.51. The molecule has 0 fully saturated rings. The summed E-state index contributed by atoms with van der Waals surface area (Å²) in [6, 6.07) is 12.8. The van der Waals surface area contributed by atoms with Gasteiger partial charge >= 0.3 is 0 Å². The van der Waals surface area contributed by atoms with Crippen LogP contribution in [0.15, 0.2) is 41.8 Å². The van der Waals surface area contributed by atoms with Crippen LogP contribution in [-0.2, 0) is 13.1 Å². The third-order valence-electron chi connectivity index (χ3n) is 3.22. The van der Waals surface area contributed by atoms with Crippen molar-refractivity contribution in [2.45, 2.75) is 20.0 Å². The minimum atomic E-state index is 0.989. The number of hydrogen-bond acceptors (Lipinski definition) is 3. The van der Waals surface area contributed by atoms with E-state index in [9.17, 15) is 0 Å². The molecule has 2 rings (SSSR count). The molecular formula is C16H22N2S. The predicted molar refractivity (Wildman–Crippen MR) is 83.5 cm³/mol. The fourth-order valence-electron chi connectivity index (χ4n) is 2.03. The van der Waals surface area contributed by atoms with Crippen LogP contribution in [0, 0.1) is 6.92 Å². The van der Waals surface area contributed by atoms with Crippen LogP contribution in [0.3, 0.4) is 0 Å². The van der Waals surface area contributed by atoms with Gasteiger partial charge in [0.25, 0.3) is 0 Å². The molecule has 0 bridgehead atoms. The quantitative estimate of drug-likeness (QED) is 0.780. The molecule has 0 amide bonds. The summed E-state index contributed by atoms with van der Waals surface area (Å²) < 4.78 is 0. The molecule has 0 aliphatic carbocycles. The summed E-state index contributed by atoms with van der Waals surface area (Å²) in [5.74, 6) is 0. The van der Waals surface area contributed by atoms with Crippen LogP contribution in [-0.4, -0.2) is 25.0 Å². The van der Waals surface area contributed by atoms with E-state index in [1.165, 1.54) is 16.0 Å². The van der Waals surface area contributed by atoms with E-state index < -0.39 is 0 Å². The first kappa shape index (κ1) is 14.3. The Morgan fingerprint density at radius 2 is 1.95 bits per heavy atom. The molecule has 2 nitrogen and oxygen atoms in total. The first-order valence-corrected chi connectivity index (χ1v) is 7.60. The van der Waals surface area contributed by atoms with Crippen molar-refractivity contribution in [1.82, 2.24) is 10.2 Å². The number of benzene rings is 1. The van der Waals surface area contributed by atoms with Gasteiger partial charge in [0.2, 0.25) is 0 Å². The van der Waals surface area contributed by atoms with Gasteiger partial charge in [0.15, 0.2) is 0 Å². The van der Waals surface area contributed by atoms with Gasteiger partial charge in [-0.25, -0.2) is 0 Å². The van der Waals surface area contributed by atoms with Crippen LogP contribution < -0.4 is 5.32 Å². The number of rotatable bonds is 7. The van der Waals surface area contributed by atoms with Crippen molar-refractivity contribution in [1.29, 1.82) is 0 Å². The number of aryl methyl sites for hydroxylation is 1. The summed E-state index contributed by atoms with van der Waals surface area (Å²) in [5.41, 5.74) is 2.77.